The van der Waals surface area contributed by atoms with E-state index in [1.165, 1.54) is 0 Å². The number of pyridine rings is 1. The molecule has 1 saturated heterocycles. The summed E-state index contributed by atoms with van der Waals surface area (Å²) in [6, 6.07) is 13.7. The van der Waals surface area contributed by atoms with Crippen molar-refractivity contribution in [3.05, 3.63) is 59.2 Å². The summed E-state index contributed by atoms with van der Waals surface area (Å²) in [7, 11) is 0. The number of nitrogens with zero attached hydrogens (tertiary/aromatic N) is 3. The van der Waals surface area contributed by atoms with Crippen LogP contribution in [-0.2, 0) is 11.3 Å². The van der Waals surface area contributed by atoms with E-state index in [0.29, 0.717) is 17.5 Å². The molecule has 2 aromatic rings. The van der Waals surface area contributed by atoms with E-state index in [-0.39, 0.29) is 18.5 Å². The molecule has 3 N–H and O–H groups in total. The lowest BCUT2D eigenvalue weighted by Crippen LogP contribution is -2.45. The molecule has 0 spiro atoms. The minimum absolute atomic E-state index is 0.0741. The Labute approximate surface area is 176 Å². The van der Waals surface area contributed by atoms with Crippen LogP contribution in [0.5, 0.6) is 0 Å². The second-order valence-corrected chi connectivity index (χ2v) is 7.25. The number of amides is 1. The Kier molecular flexibility index (Phi) is 7.69. The van der Waals surface area contributed by atoms with Crippen molar-refractivity contribution in [3.8, 4) is 0 Å². The van der Waals surface area contributed by atoms with Gasteiger partial charge in [-0.05, 0) is 31.0 Å². The fourth-order valence-electron chi connectivity index (χ4n) is 3.20. The number of hydrogen-bond donors (Lipinski definition) is 3. The minimum atomic E-state index is -0.112. The summed E-state index contributed by atoms with van der Waals surface area (Å²) in [4.78, 5) is 23.1. The van der Waals surface area contributed by atoms with E-state index >= 15 is 0 Å². The second kappa shape index (κ2) is 10.7. The van der Waals surface area contributed by atoms with Crippen LogP contribution in [0.2, 0.25) is 5.02 Å². The number of carbonyl (C=O) groups is 1. The van der Waals surface area contributed by atoms with Crippen molar-refractivity contribution in [1.82, 2.24) is 20.9 Å². The predicted octanol–water partition coefficient (Wildman–Crippen LogP) is 2.19. The van der Waals surface area contributed by atoms with Gasteiger partial charge in [-0.15, -0.1) is 0 Å². The zero-order chi connectivity index (χ0) is 20.5. The van der Waals surface area contributed by atoms with E-state index in [2.05, 4.69) is 30.8 Å². The van der Waals surface area contributed by atoms with E-state index in [1.54, 1.807) is 6.20 Å². The molecular weight excluding hydrogens is 388 g/mol. The summed E-state index contributed by atoms with van der Waals surface area (Å²) in [6.07, 6.45) is 2.69. The molecule has 1 amide bonds. The number of nitrogens with one attached hydrogen (secondary N) is 3. The molecule has 1 atom stereocenters. The predicted molar refractivity (Wildman–Crippen MR) is 117 cm³/mol. The Morgan fingerprint density at radius 3 is 2.83 bits per heavy atom. The molecule has 0 radical (unpaired) electrons. The molecule has 1 aliphatic heterocycles. The van der Waals surface area contributed by atoms with Gasteiger partial charge in [0.2, 0.25) is 5.91 Å². The van der Waals surface area contributed by atoms with E-state index in [1.807, 2.05) is 49.4 Å². The average Bonchev–Trinajstić information content (AvgIpc) is 3.20. The molecule has 154 valence electrons. The van der Waals surface area contributed by atoms with Gasteiger partial charge in [0.15, 0.2) is 5.96 Å². The molecule has 1 aromatic carbocycles. The Balaban J connectivity index is 1.50. The van der Waals surface area contributed by atoms with Gasteiger partial charge < -0.3 is 20.9 Å². The first-order valence-electron chi connectivity index (χ1n) is 9.86. The molecule has 0 bridgehead atoms. The molecule has 8 heteroatoms. The third-order valence-corrected chi connectivity index (χ3v) is 4.92. The first-order valence-corrected chi connectivity index (χ1v) is 10.2. The summed E-state index contributed by atoms with van der Waals surface area (Å²) in [5, 5.41) is 10.2. The number of guanidine groups is 1. The summed E-state index contributed by atoms with van der Waals surface area (Å²) in [5.41, 5.74) is 1.06. The zero-order valence-corrected chi connectivity index (χ0v) is 17.3. The van der Waals surface area contributed by atoms with Crippen molar-refractivity contribution in [2.45, 2.75) is 25.9 Å². The van der Waals surface area contributed by atoms with Crippen LogP contribution < -0.4 is 20.9 Å². The van der Waals surface area contributed by atoms with Gasteiger partial charge >= 0.3 is 0 Å². The van der Waals surface area contributed by atoms with Crippen molar-refractivity contribution in [3.63, 3.8) is 0 Å². The Morgan fingerprint density at radius 1 is 1.24 bits per heavy atom. The van der Waals surface area contributed by atoms with Crippen LogP contribution >= 0.6 is 11.6 Å². The van der Waals surface area contributed by atoms with Gasteiger partial charge in [-0.1, -0.05) is 41.9 Å². The number of aromatic nitrogens is 1. The fourth-order valence-corrected chi connectivity index (χ4v) is 3.44. The molecule has 1 aromatic heterocycles. The lowest BCUT2D eigenvalue weighted by Gasteiger charge is -2.20. The molecule has 2 heterocycles. The number of anilines is 1. The maximum absolute atomic E-state index is 12.1. The van der Waals surface area contributed by atoms with Crippen molar-refractivity contribution in [2.24, 2.45) is 4.99 Å². The third kappa shape index (κ3) is 6.35. The number of benzene rings is 1. The molecule has 1 fully saturated rings. The maximum atomic E-state index is 12.1. The van der Waals surface area contributed by atoms with Gasteiger partial charge in [0.25, 0.3) is 0 Å². The number of carbonyl (C=O) groups excluding carboxylic acids is 1. The summed E-state index contributed by atoms with van der Waals surface area (Å²) < 4.78 is 0. The van der Waals surface area contributed by atoms with Gasteiger partial charge in [0.1, 0.15) is 12.4 Å². The monoisotopic (exact) mass is 414 g/mol. The summed E-state index contributed by atoms with van der Waals surface area (Å²) in [6.45, 7) is 4.94. The van der Waals surface area contributed by atoms with Gasteiger partial charge in [-0.3, -0.25) is 4.79 Å². The molecule has 1 aliphatic rings. The number of halogens is 1. The molecule has 1 unspecified atom stereocenters. The van der Waals surface area contributed by atoms with Gasteiger partial charge in [0.05, 0.1) is 5.02 Å². The first kappa shape index (κ1) is 20.9. The number of rotatable bonds is 7. The van der Waals surface area contributed by atoms with E-state index < -0.39 is 0 Å². The normalized spacial score (nSPS) is 16.6. The van der Waals surface area contributed by atoms with Crippen LogP contribution in [-0.4, -0.2) is 49.1 Å². The van der Waals surface area contributed by atoms with E-state index in [9.17, 15) is 4.79 Å². The van der Waals surface area contributed by atoms with Crippen molar-refractivity contribution >= 4 is 29.3 Å². The highest BCUT2D eigenvalue weighted by Crippen LogP contribution is 2.25. The van der Waals surface area contributed by atoms with Crippen LogP contribution in [0.1, 0.15) is 18.9 Å². The SMILES string of the molecule is CCNC(=NCC(=O)NCc1ccccc1)NC1CCN(c2ncccc2Cl)C1. The van der Waals surface area contributed by atoms with Crippen LogP contribution in [0.3, 0.4) is 0 Å². The number of aliphatic imine (C=N–C) groups is 1. The van der Waals surface area contributed by atoms with Crippen molar-refractivity contribution in [2.75, 3.05) is 31.1 Å². The number of hydrogen-bond acceptors (Lipinski definition) is 4. The van der Waals surface area contributed by atoms with Crippen LogP contribution in [0.4, 0.5) is 5.82 Å². The molecule has 3 rings (SSSR count). The van der Waals surface area contributed by atoms with Crippen molar-refractivity contribution < 1.29 is 4.79 Å². The quantitative estimate of drug-likeness (QED) is 0.478. The van der Waals surface area contributed by atoms with Crippen LogP contribution in [0, 0.1) is 0 Å². The molecule has 0 saturated carbocycles. The van der Waals surface area contributed by atoms with Gasteiger partial charge in [0, 0.05) is 38.4 Å². The fraction of sp³-hybridized carbons (Fsp3) is 0.381. The largest absolute Gasteiger partial charge is 0.357 e. The molecule has 0 aliphatic carbocycles. The molecular formula is C21H27ClN6O. The van der Waals surface area contributed by atoms with Gasteiger partial charge in [-0.2, -0.15) is 0 Å². The third-order valence-electron chi connectivity index (χ3n) is 4.63. The molecule has 29 heavy (non-hydrogen) atoms. The van der Waals surface area contributed by atoms with Gasteiger partial charge in [-0.25, -0.2) is 9.98 Å². The Hall–Kier alpha value is -2.80. The van der Waals surface area contributed by atoms with Crippen LogP contribution in [0.15, 0.2) is 53.7 Å². The highest BCUT2D eigenvalue weighted by Gasteiger charge is 2.25. The highest BCUT2D eigenvalue weighted by atomic mass is 35.5. The first-order chi connectivity index (χ1) is 14.2. The lowest BCUT2D eigenvalue weighted by molar-refractivity contribution is -0.119. The zero-order valence-electron chi connectivity index (χ0n) is 16.6. The topological polar surface area (TPSA) is 81.6 Å². The summed E-state index contributed by atoms with van der Waals surface area (Å²) >= 11 is 6.26. The maximum Gasteiger partial charge on any atom is 0.242 e. The summed E-state index contributed by atoms with van der Waals surface area (Å²) in [5.74, 6) is 1.33. The average molecular weight is 415 g/mol. The Morgan fingerprint density at radius 2 is 2.07 bits per heavy atom. The van der Waals surface area contributed by atoms with E-state index in [4.69, 9.17) is 11.6 Å². The van der Waals surface area contributed by atoms with E-state index in [0.717, 1.165) is 37.4 Å². The standard InChI is InChI=1S/C21H27ClN6O/c1-2-23-21(26-14-19(29)25-13-16-7-4-3-5-8-16)27-17-10-12-28(15-17)20-18(22)9-6-11-24-20/h3-9,11,17H,2,10,12-15H2,1H3,(H,25,29)(H2,23,26,27). The van der Waals surface area contributed by atoms with Crippen LogP contribution in [0.25, 0.3) is 0 Å². The minimum Gasteiger partial charge on any atom is -0.357 e. The second-order valence-electron chi connectivity index (χ2n) is 6.84. The lowest BCUT2D eigenvalue weighted by atomic mass is 10.2. The smallest absolute Gasteiger partial charge is 0.242 e. The van der Waals surface area contributed by atoms with Crippen molar-refractivity contribution in [1.29, 1.82) is 0 Å². The highest BCUT2D eigenvalue weighted by molar-refractivity contribution is 6.32. The Bertz CT molecular complexity index is 829. The molecule has 7 nitrogen and oxygen atoms in total.